The van der Waals surface area contributed by atoms with E-state index in [-0.39, 0.29) is 24.3 Å². The minimum absolute atomic E-state index is 0.00353. The molecule has 2 aromatic carbocycles. The van der Waals surface area contributed by atoms with Crippen LogP contribution < -0.4 is 10.1 Å². The van der Waals surface area contributed by atoms with E-state index in [4.69, 9.17) is 4.74 Å². The van der Waals surface area contributed by atoms with Gasteiger partial charge in [0.05, 0.1) is 27.5 Å². The van der Waals surface area contributed by atoms with Crippen LogP contribution in [0.15, 0.2) is 54.0 Å². The quantitative estimate of drug-likeness (QED) is 0.382. The summed E-state index contributed by atoms with van der Waals surface area (Å²) in [7, 11) is 0. The first-order valence-corrected chi connectivity index (χ1v) is 11.6. The molecule has 0 amide bonds. The van der Waals surface area contributed by atoms with Gasteiger partial charge in [-0.2, -0.15) is 0 Å². The third kappa shape index (κ3) is 4.62. The number of benzene rings is 2. The van der Waals surface area contributed by atoms with E-state index in [9.17, 15) is 4.79 Å². The van der Waals surface area contributed by atoms with Gasteiger partial charge in [0.2, 0.25) is 0 Å². The molecule has 0 saturated heterocycles. The normalized spacial score (nSPS) is 14.3. The van der Waals surface area contributed by atoms with Crippen molar-refractivity contribution < 1.29 is 9.53 Å². The molecule has 2 aromatic heterocycles. The Hall–Kier alpha value is -3.32. The van der Waals surface area contributed by atoms with E-state index in [2.05, 4.69) is 33.3 Å². The van der Waals surface area contributed by atoms with E-state index in [0.717, 1.165) is 45.7 Å². The first kappa shape index (κ1) is 20.6. The summed E-state index contributed by atoms with van der Waals surface area (Å²) < 4.78 is 6.87. The molecule has 1 aliphatic rings. The lowest BCUT2D eigenvalue weighted by Crippen LogP contribution is -2.13. The van der Waals surface area contributed by atoms with Gasteiger partial charge in [0, 0.05) is 17.5 Å². The number of ether oxygens (including phenoxy) is 1. The third-order valence-electron chi connectivity index (χ3n) is 5.60. The number of thiazole rings is 1. The zero-order valence-corrected chi connectivity index (χ0v) is 18.9. The number of rotatable bonds is 8. The molecule has 0 bridgehead atoms. The summed E-state index contributed by atoms with van der Waals surface area (Å²) in [5.41, 5.74) is 5.83. The number of Topliss-reactive ketones (excluding diaryl/α,β-unsaturated/α-hetero) is 1. The molecule has 1 fully saturated rings. The summed E-state index contributed by atoms with van der Waals surface area (Å²) >= 11 is 1.62. The highest BCUT2D eigenvalue weighted by Crippen LogP contribution is 2.30. The second-order valence-corrected chi connectivity index (χ2v) is 9.07. The standard InChI is InChI=1S/C25H24N4O2S/c1-15(18-4-3-5-20(10-18)31-13-23(30)17-6-7-17)27-25-12-22(28-16(2)29-25)19-8-9-21-24(11-19)32-14-26-21/h3-5,8-12,14-15,17H,6-7,13H2,1-2H3,(H,27,28,29). The van der Waals surface area contributed by atoms with Crippen LogP contribution in [0.2, 0.25) is 0 Å². The van der Waals surface area contributed by atoms with Crippen LogP contribution in [-0.2, 0) is 4.79 Å². The Kier molecular flexibility index (Phi) is 5.57. The lowest BCUT2D eigenvalue weighted by Gasteiger charge is -2.17. The van der Waals surface area contributed by atoms with Crippen molar-refractivity contribution in [3.63, 3.8) is 0 Å². The van der Waals surface area contributed by atoms with Crippen molar-refractivity contribution in [1.29, 1.82) is 0 Å². The average molecular weight is 445 g/mol. The van der Waals surface area contributed by atoms with E-state index in [1.54, 1.807) is 11.3 Å². The van der Waals surface area contributed by atoms with Crippen LogP contribution in [0, 0.1) is 12.8 Å². The zero-order chi connectivity index (χ0) is 22.1. The Morgan fingerprint density at radius 2 is 2.06 bits per heavy atom. The van der Waals surface area contributed by atoms with Gasteiger partial charge in [-0.3, -0.25) is 4.79 Å². The van der Waals surface area contributed by atoms with Gasteiger partial charge in [-0.25, -0.2) is 15.0 Å². The number of carbonyl (C=O) groups is 1. The number of nitrogens with zero attached hydrogens (tertiary/aromatic N) is 3. The summed E-state index contributed by atoms with van der Waals surface area (Å²) in [5.74, 6) is 2.59. The molecule has 1 atom stereocenters. The molecule has 32 heavy (non-hydrogen) atoms. The highest BCUT2D eigenvalue weighted by molar-refractivity contribution is 7.16. The van der Waals surface area contributed by atoms with Crippen molar-refractivity contribution in [3.05, 3.63) is 65.4 Å². The number of anilines is 1. The van der Waals surface area contributed by atoms with Gasteiger partial charge in [-0.15, -0.1) is 11.3 Å². The van der Waals surface area contributed by atoms with E-state index >= 15 is 0 Å². The minimum Gasteiger partial charge on any atom is -0.486 e. The minimum atomic E-state index is 0.00353. The SMILES string of the molecule is Cc1nc(NC(C)c2cccc(OCC(=O)C3CC3)c2)cc(-c2ccc3ncsc3c2)n1. The van der Waals surface area contributed by atoms with Gasteiger partial charge >= 0.3 is 0 Å². The maximum atomic E-state index is 11.9. The summed E-state index contributed by atoms with van der Waals surface area (Å²) in [4.78, 5) is 25.5. The molecule has 0 spiro atoms. The van der Waals surface area contributed by atoms with Crippen molar-refractivity contribution in [2.24, 2.45) is 5.92 Å². The van der Waals surface area contributed by atoms with E-state index in [1.807, 2.05) is 54.9 Å². The van der Waals surface area contributed by atoms with Crippen molar-refractivity contribution in [1.82, 2.24) is 15.0 Å². The molecule has 4 aromatic rings. The molecule has 1 aliphatic carbocycles. The van der Waals surface area contributed by atoms with Gasteiger partial charge in [-0.1, -0.05) is 18.2 Å². The van der Waals surface area contributed by atoms with Crippen molar-refractivity contribution >= 4 is 33.2 Å². The summed E-state index contributed by atoms with van der Waals surface area (Å²) in [5, 5.41) is 3.48. The number of ketones is 1. The second kappa shape index (κ2) is 8.67. The molecule has 162 valence electrons. The molecule has 7 heteroatoms. The molecule has 2 heterocycles. The predicted molar refractivity (Wildman–Crippen MR) is 127 cm³/mol. The Morgan fingerprint density at radius 1 is 1.19 bits per heavy atom. The zero-order valence-electron chi connectivity index (χ0n) is 18.0. The van der Waals surface area contributed by atoms with Crippen LogP contribution >= 0.6 is 11.3 Å². The van der Waals surface area contributed by atoms with Crippen LogP contribution in [0.3, 0.4) is 0 Å². The number of fused-ring (bicyclic) bond motifs is 1. The van der Waals surface area contributed by atoms with Gasteiger partial charge in [0.1, 0.15) is 24.0 Å². The Balaban J connectivity index is 1.32. The third-order valence-corrected chi connectivity index (χ3v) is 6.39. The summed E-state index contributed by atoms with van der Waals surface area (Å²) in [6, 6.07) is 16.0. The number of aromatic nitrogens is 3. The number of aryl methyl sites for hydroxylation is 1. The van der Waals surface area contributed by atoms with E-state index in [1.165, 1.54) is 0 Å². The number of hydrogen-bond acceptors (Lipinski definition) is 7. The van der Waals surface area contributed by atoms with Crippen LogP contribution in [-0.4, -0.2) is 27.3 Å². The molecule has 5 rings (SSSR count). The smallest absolute Gasteiger partial charge is 0.173 e. The second-order valence-electron chi connectivity index (χ2n) is 8.19. The van der Waals surface area contributed by atoms with Crippen molar-refractivity contribution in [2.75, 3.05) is 11.9 Å². The van der Waals surface area contributed by atoms with E-state index in [0.29, 0.717) is 11.6 Å². The maximum absolute atomic E-state index is 11.9. The highest BCUT2D eigenvalue weighted by atomic mass is 32.1. The molecule has 1 unspecified atom stereocenters. The Morgan fingerprint density at radius 3 is 2.91 bits per heavy atom. The molecule has 1 saturated carbocycles. The largest absolute Gasteiger partial charge is 0.486 e. The van der Waals surface area contributed by atoms with Crippen molar-refractivity contribution in [2.45, 2.75) is 32.7 Å². The highest BCUT2D eigenvalue weighted by Gasteiger charge is 2.29. The summed E-state index contributed by atoms with van der Waals surface area (Å²) in [6.45, 7) is 4.12. The molecule has 1 N–H and O–H groups in total. The Bertz CT molecular complexity index is 1280. The van der Waals surface area contributed by atoms with Crippen LogP contribution in [0.25, 0.3) is 21.5 Å². The van der Waals surface area contributed by atoms with Crippen LogP contribution in [0.5, 0.6) is 5.75 Å². The first-order valence-electron chi connectivity index (χ1n) is 10.8. The molecular formula is C25H24N4O2S. The number of nitrogens with one attached hydrogen (secondary N) is 1. The van der Waals surface area contributed by atoms with Gasteiger partial charge in [-0.05, 0) is 56.5 Å². The first-order chi connectivity index (χ1) is 15.5. The topological polar surface area (TPSA) is 77.0 Å². The predicted octanol–water partition coefficient (Wildman–Crippen LogP) is 5.59. The van der Waals surface area contributed by atoms with Crippen LogP contribution in [0.1, 0.15) is 37.2 Å². The van der Waals surface area contributed by atoms with Crippen LogP contribution in [0.4, 0.5) is 5.82 Å². The molecule has 0 aliphatic heterocycles. The lowest BCUT2D eigenvalue weighted by molar-refractivity contribution is -0.122. The fraction of sp³-hybridized carbons (Fsp3) is 0.280. The maximum Gasteiger partial charge on any atom is 0.173 e. The van der Waals surface area contributed by atoms with E-state index < -0.39 is 0 Å². The average Bonchev–Trinajstić information content (AvgIpc) is 3.54. The fourth-order valence-corrected chi connectivity index (χ4v) is 4.38. The fourth-order valence-electron chi connectivity index (χ4n) is 3.66. The molecular weight excluding hydrogens is 420 g/mol. The number of carbonyl (C=O) groups excluding carboxylic acids is 1. The van der Waals surface area contributed by atoms with Gasteiger partial charge in [0.15, 0.2) is 5.78 Å². The number of hydrogen-bond donors (Lipinski definition) is 1. The molecule has 6 nitrogen and oxygen atoms in total. The summed E-state index contributed by atoms with van der Waals surface area (Å²) in [6.07, 6.45) is 2.00. The van der Waals surface area contributed by atoms with Gasteiger partial charge < -0.3 is 10.1 Å². The molecule has 0 radical (unpaired) electrons. The van der Waals surface area contributed by atoms with Crippen molar-refractivity contribution in [3.8, 4) is 17.0 Å². The van der Waals surface area contributed by atoms with Gasteiger partial charge in [0.25, 0.3) is 0 Å². The Labute approximate surface area is 190 Å². The lowest BCUT2D eigenvalue weighted by atomic mass is 10.1. The monoisotopic (exact) mass is 444 g/mol.